The van der Waals surface area contributed by atoms with Crippen molar-refractivity contribution in [3.8, 4) is 5.75 Å². The van der Waals surface area contributed by atoms with Crippen molar-refractivity contribution in [2.24, 2.45) is 5.73 Å². The standard InChI is InChI=1S/C16H23ClN2O/c17-15-10-12(3-6-16(15)20-14-4-5-14)9-13(18)11-19-7-1-2-8-19/h3,6,10,13-14H,1-2,4-5,7-9,11,18H2. The molecule has 1 heterocycles. The molecule has 1 unspecified atom stereocenters. The highest BCUT2D eigenvalue weighted by atomic mass is 35.5. The third-order valence-electron chi connectivity index (χ3n) is 4.00. The van der Waals surface area contributed by atoms with Gasteiger partial charge in [0.2, 0.25) is 0 Å². The predicted octanol–water partition coefficient (Wildman–Crippen LogP) is 2.85. The lowest BCUT2D eigenvalue weighted by Crippen LogP contribution is -2.37. The van der Waals surface area contributed by atoms with Gasteiger partial charge >= 0.3 is 0 Å². The number of halogens is 1. The summed E-state index contributed by atoms with van der Waals surface area (Å²) in [6.45, 7) is 3.38. The average Bonchev–Trinajstić information content (AvgIpc) is 3.08. The molecule has 1 aromatic carbocycles. The van der Waals surface area contributed by atoms with E-state index < -0.39 is 0 Å². The summed E-state index contributed by atoms with van der Waals surface area (Å²) in [4.78, 5) is 2.46. The molecule has 4 heteroatoms. The molecule has 2 N–H and O–H groups in total. The fourth-order valence-electron chi connectivity index (χ4n) is 2.80. The zero-order valence-corrected chi connectivity index (χ0v) is 12.6. The maximum absolute atomic E-state index is 6.28. The first kappa shape index (κ1) is 14.2. The Morgan fingerprint density at radius 2 is 2.05 bits per heavy atom. The molecule has 2 fully saturated rings. The van der Waals surface area contributed by atoms with Crippen molar-refractivity contribution in [2.45, 2.75) is 44.2 Å². The third-order valence-corrected chi connectivity index (χ3v) is 4.30. The minimum Gasteiger partial charge on any atom is -0.489 e. The topological polar surface area (TPSA) is 38.5 Å². The fourth-order valence-corrected chi connectivity index (χ4v) is 3.04. The number of nitrogens with two attached hydrogens (primary N) is 1. The van der Waals surface area contributed by atoms with Crippen LogP contribution >= 0.6 is 11.6 Å². The molecule has 20 heavy (non-hydrogen) atoms. The average molecular weight is 295 g/mol. The first-order valence-electron chi connectivity index (χ1n) is 7.64. The molecule has 3 rings (SSSR count). The van der Waals surface area contributed by atoms with Gasteiger partial charge in [-0.15, -0.1) is 0 Å². The van der Waals surface area contributed by atoms with Gasteiger partial charge in [-0.05, 0) is 62.9 Å². The van der Waals surface area contributed by atoms with Crippen LogP contribution < -0.4 is 10.5 Å². The second kappa shape index (κ2) is 6.33. The van der Waals surface area contributed by atoms with Crippen LogP contribution in [0.2, 0.25) is 5.02 Å². The first-order valence-corrected chi connectivity index (χ1v) is 8.01. The first-order chi connectivity index (χ1) is 9.70. The zero-order chi connectivity index (χ0) is 13.9. The van der Waals surface area contributed by atoms with Crippen molar-refractivity contribution < 1.29 is 4.74 Å². The van der Waals surface area contributed by atoms with Crippen molar-refractivity contribution in [3.05, 3.63) is 28.8 Å². The maximum atomic E-state index is 6.28. The molecule has 1 aromatic rings. The summed E-state index contributed by atoms with van der Waals surface area (Å²) in [5.74, 6) is 0.811. The van der Waals surface area contributed by atoms with E-state index in [1.54, 1.807) is 0 Å². The molecule has 1 aliphatic carbocycles. The number of benzene rings is 1. The molecule has 3 nitrogen and oxygen atoms in total. The van der Waals surface area contributed by atoms with Crippen LogP contribution in [0, 0.1) is 0 Å². The van der Waals surface area contributed by atoms with Gasteiger partial charge in [-0.25, -0.2) is 0 Å². The summed E-state index contributed by atoms with van der Waals surface area (Å²) in [5.41, 5.74) is 7.45. The van der Waals surface area contributed by atoms with E-state index in [1.165, 1.54) is 31.5 Å². The lowest BCUT2D eigenvalue weighted by atomic mass is 10.1. The van der Waals surface area contributed by atoms with Crippen LogP contribution in [0.4, 0.5) is 0 Å². The second-order valence-electron chi connectivity index (χ2n) is 6.05. The molecule has 0 bridgehead atoms. The van der Waals surface area contributed by atoms with Crippen LogP contribution in [-0.2, 0) is 6.42 Å². The lowest BCUT2D eigenvalue weighted by molar-refractivity contribution is 0.303. The molecule has 0 amide bonds. The van der Waals surface area contributed by atoms with Gasteiger partial charge in [0, 0.05) is 12.6 Å². The highest BCUT2D eigenvalue weighted by molar-refractivity contribution is 6.32. The quantitative estimate of drug-likeness (QED) is 0.877. The van der Waals surface area contributed by atoms with E-state index in [0.29, 0.717) is 11.1 Å². The molecule has 1 aliphatic heterocycles. The number of likely N-dealkylation sites (tertiary alicyclic amines) is 1. The maximum Gasteiger partial charge on any atom is 0.138 e. The molecule has 110 valence electrons. The second-order valence-corrected chi connectivity index (χ2v) is 6.46. The summed E-state index contributed by atoms with van der Waals surface area (Å²) >= 11 is 6.28. The minimum absolute atomic E-state index is 0.180. The number of hydrogen-bond donors (Lipinski definition) is 1. The van der Waals surface area contributed by atoms with Crippen LogP contribution in [0.3, 0.4) is 0 Å². The van der Waals surface area contributed by atoms with E-state index >= 15 is 0 Å². The SMILES string of the molecule is NC(Cc1ccc(OC2CC2)c(Cl)c1)CN1CCCC1. The van der Waals surface area contributed by atoms with Gasteiger partial charge in [0.05, 0.1) is 11.1 Å². The van der Waals surface area contributed by atoms with E-state index in [1.807, 2.05) is 12.1 Å². The fraction of sp³-hybridized carbons (Fsp3) is 0.625. The molecule has 2 aliphatic rings. The molecule has 0 spiro atoms. The van der Waals surface area contributed by atoms with Crippen LogP contribution in [0.25, 0.3) is 0 Å². The lowest BCUT2D eigenvalue weighted by Gasteiger charge is -2.20. The van der Waals surface area contributed by atoms with Crippen molar-refractivity contribution in [2.75, 3.05) is 19.6 Å². The Bertz CT molecular complexity index is 456. The van der Waals surface area contributed by atoms with E-state index in [2.05, 4.69) is 11.0 Å². The Balaban J connectivity index is 1.54. The highest BCUT2D eigenvalue weighted by Gasteiger charge is 2.24. The monoisotopic (exact) mass is 294 g/mol. The third kappa shape index (κ3) is 3.87. The summed E-state index contributed by atoms with van der Waals surface area (Å²) in [6, 6.07) is 6.26. The summed E-state index contributed by atoms with van der Waals surface area (Å²) < 4.78 is 5.75. The summed E-state index contributed by atoms with van der Waals surface area (Å²) in [6.07, 6.45) is 6.19. The van der Waals surface area contributed by atoms with Crippen molar-refractivity contribution in [1.82, 2.24) is 4.90 Å². The van der Waals surface area contributed by atoms with Gasteiger partial charge in [-0.1, -0.05) is 17.7 Å². The zero-order valence-electron chi connectivity index (χ0n) is 11.9. The highest BCUT2D eigenvalue weighted by Crippen LogP contribution is 2.32. The van der Waals surface area contributed by atoms with Gasteiger partial charge in [0.1, 0.15) is 5.75 Å². The van der Waals surface area contributed by atoms with Crippen molar-refractivity contribution in [3.63, 3.8) is 0 Å². The van der Waals surface area contributed by atoms with Gasteiger partial charge < -0.3 is 15.4 Å². The molecular weight excluding hydrogens is 272 g/mol. The molecule has 0 radical (unpaired) electrons. The van der Waals surface area contributed by atoms with Crippen LogP contribution in [0.15, 0.2) is 18.2 Å². The van der Waals surface area contributed by atoms with Gasteiger partial charge in [0.15, 0.2) is 0 Å². The number of nitrogens with zero attached hydrogens (tertiary/aromatic N) is 1. The summed E-state index contributed by atoms with van der Waals surface area (Å²) in [5, 5.41) is 0.711. The Hall–Kier alpha value is -0.770. The van der Waals surface area contributed by atoms with E-state index in [-0.39, 0.29) is 6.04 Å². The Morgan fingerprint density at radius 1 is 1.30 bits per heavy atom. The number of rotatable bonds is 6. The molecule has 1 saturated carbocycles. The Labute approximate surface area is 126 Å². The molecule has 1 atom stereocenters. The number of ether oxygens (including phenoxy) is 1. The minimum atomic E-state index is 0.180. The normalized spacial score (nSPS) is 21.1. The Kier molecular flexibility index (Phi) is 4.49. The van der Waals surface area contributed by atoms with Gasteiger partial charge in [0.25, 0.3) is 0 Å². The Morgan fingerprint density at radius 3 is 2.70 bits per heavy atom. The van der Waals surface area contributed by atoms with Crippen LogP contribution in [-0.4, -0.2) is 36.7 Å². The van der Waals surface area contributed by atoms with Gasteiger partial charge in [-0.3, -0.25) is 0 Å². The van der Waals surface area contributed by atoms with Gasteiger partial charge in [-0.2, -0.15) is 0 Å². The molecule has 0 aromatic heterocycles. The van der Waals surface area contributed by atoms with Crippen molar-refractivity contribution >= 4 is 11.6 Å². The number of hydrogen-bond acceptors (Lipinski definition) is 3. The van der Waals surface area contributed by atoms with Crippen LogP contribution in [0.1, 0.15) is 31.2 Å². The van der Waals surface area contributed by atoms with Crippen LogP contribution in [0.5, 0.6) is 5.75 Å². The molecule has 1 saturated heterocycles. The smallest absolute Gasteiger partial charge is 0.138 e. The van der Waals surface area contributed by atoms with E-state index in [0.717, 1.165) is 31.6 Å². The van der Waals surface area contributed by atoms with E-state index in [4.69, 9.17) is 22.1 Å². The van der Waals surface area contributed by atoms with E-state index in [9.17, 15) is 0 Å². The molecular formula is C16H23ClN2O. The summed E-state index contributed by atoms with van der Waals surface area (Å²) in [7, 11) is 0. The van der Waals surface area contributed by atoms with Crippen molar-refractivity contribution in [1.29, 1.82) is 0 Å². The largest absolute Gasteiger partial charge is 0.489 e. The predicted molar refractivity (Wildman–Crippen MR) is 82.5 cm³/mol.